The minimum absolute atomic E-state index is 0. The molecule has 3 aromatic rings. The van der Waals surface area contributed by atoms with Gasteiger partial charge in [-0.2, -0.15) is 9.78 Å². The van der Waals surface area contributed by atoms with E-state index in [4.69, 9.17) is 0 Å². The minimum atomic E-state index is -0.0151. The predicted octanol–water partition coefficient (Wildman–Crippen LogP) is -1.97. The lowest BCUT2D eigenvalue weighted by molar-refractivity contribution is -0.664. The summed E-state index contributed by atoms with van der Waals surface area (Å²) in [5, 5.41) is 3.67. The summed E-state index contributed by atoms with van der Waals surface area (Å²) >= 11 is 0. The van der Waals surface area contributed by atoms with E-state index in [1.54, 1.807) is 0 Å². The van der Waals surface area contributed by atoms with Crippen molar-refractivity contribution in [3.63, 3.8) is 0 Å². The van der Waals surface area contributed by atoms with E-state index >= 15 is 0 Å². The summed E-state index contributed by atoms with van der Waals surface area (Å²) in [6.07, 6.45) is 2.02. The largest absolute Gasteiger partial charge is 1.00 e. The Morgan fingerprint density at radius 2 is 1.89 bits per heavy atom. The molecule has 19 heavy (non-hydrogen) atoms. The van der Waals surface area contributed by atoms with Gasteiger partial charge in [-0.25, -0.2) is 4.57 Å². The zero-order valence-corrected chi connectivity index (χ0v) is 10.9. The molecule has 0 unspecified atom stereocenters. The van der Waals surface area contributed by atoms with Crippen LogP contribution in [0.1, 0.15) is 11.1 Å². The standard InChI is InChI=1S/C14H11N3O.ClH/c18-13-12-6-3-7-16-8-10-4-1-2-5-11(10)9-17(15-13)14(12)16;/h1-7H,8-9H2;1H. The van der Waals surface area contributed by atoms with Gasteiger partial charge in [-0.05, 0) is 12.1 Å². The summed E-state index contributed by atoms with van der Waals surface area (Å²) < 4.78 is 4.06. The lowest BCUT2D eigenvalue weighted by atomic mass is 10.1. The van der Waals surface area contributed by atoms with Crippen molar-refractivity contribution >= 4 is 11.0 Å². The first-order valence-corrected chi connectivity index (χ1v) is 6.01. The first kappa shape index (κ1) is 12.0. The average Bonchev–Trinajstić information content (AvgIpc) is 2.61. The Morgan fingerprint density at radius 1 is 1.11 bits per heavy atom. The normalized spacial score (nSPS) is 12.6. The summed E-state index contributed by atoms with van der Waals surface area (Å²) in [7, 11) is 0. The molecule has 5 heteroatoms. The van der Waals surface area contributed by atoms with E-state index in [-0.39, 0.29) is 18.0 Å². The van der Waals surface area contributed by atoms with Gasteiger partial charge in [0.15, 0.2) is 0 Å². The number of benzene rings is 1. The second-order valence-electron chi connectivity index (χ2n) is 4.67. The van der Waals surface area contributed by atoms with E-state index in [0.717, 1.165) is 24.1 Å². The van der Waals surface area contributed by atoms with Crippen LogP contribution in [0.4, 0.5) is 0 Å². The molecule has 2 aromatic heterocycles. The molecule has 0 spiro atoms. The number of hydrogen-bond acceptors (Lipinski definition) is 1. The van der Waals surface area contributed by atoms with Crippen molar-refractivity contribution in [3.8, 4) is 0 Å². The topological polar surface area (TPSA) is 41.7 Å². The quantitative estimate of drug-likeness (QED) is 0.371. The molecule has 0 aliphatic carbocycles. The Bertz CT molecular complexity index is 819. The number of fused-ring (bicyclic) bond motifs is 1. The SMILES string of the molecule is O=c1[nH]n2c3c1ccc[n+]3Cc1ccccc1C2.[Cl-]. The molecular formula is C14H12ClN3O. The number of H-pyrrole nitrogens is 1. The number of nitrogens with zero attached hydrogens (tertiary/aromatic N) is 2. The highest BCUT2D eigenvalue weighted by Gasteiger charge is 2.23. The van der Waals surface area contributed by atoms with Crippen LogP contribution in [0.3, 0.4) is 0 Å². The lowest BCUT2D eigenvalue weighted by Crippen LogP contribution is -3.00. The van der Waals surface area contributed by atoms with Gasteiger partial charge in [-0.1, -0.05) is 24.3 Å². The maximum Gasteiger partial charge on any atom is 0.313 e. The second-order valence-corrected chi connectivity index (χ2v) is 4.67. The second kappa shape index (κ2) is 4.24. The van der Waals surface area contributed by atoms with Crippen LogP contribution in [-0.2, 0) is 13.1 Å². The summed E-state index contributed by atoms with van der Waals surface area (Å²) in [5.74, 6) is 0. The molecule has 3 heterocycles. The highest BCUT2D eigenvalue weighted by molar-refractivity contribution is 5.71. The minimum Gasteiger partial charge on any atom is -1.00 e. The van der Waals surface area contributed by atoms with Crippen LogP contribution in [0.15, 0.2) is 47.4 Å². The van der Waals surface area contributed by atoms with E-state index in [9.17, 15) is 4.79 Å². The Labute approximate surface area is 115 Å². The van der Waals surface area contributed by atoms with Crippen LogP contribution in [0.2, 0.25) is 0 Å². The van der Waals surface area contributed by atoms with Crippen molar-refractivity contribution in [2.24, 2.45) is 0 Å². The number of aromatic nitrogens is 3. The number of hydrogen-bond donors (Lipinski definition) is 1. The van der Waals surface area contributed by atoms with Gasteiger partial charge in [0, 0.05) is 11.1 Å². The van der Waals surface area contributed by atoms with E-state index in [0.29, 0.717) is 0 Å². The molecular weight excluding hydrogens is 262 g/mol. The monoisotopic (exact) mass is 273 g/mol. The lowest BCUT2D eigenvalue weighted by Gasteiger charge is -2.02. The molecule has 0 amide bonds. The molecule has 0 saturated carbocycles. The molecule has 4 nitrogen and oxygen atoms in total. The maximum absolute atomic E-state index is 11.9. The van der Waals surface area contributed by atoms with Crippen molar-refractivity contribution in [3.05, 3.63) is 64.1 Å². The molecule has 0 radical (unpaired) electrons. The van der Waals surface area contributed by atoms with E-state index in [2.05, 4.69) is 27.9 Å². The number of pyridine rings is 1. The fourth-order valence-electron chi connectivity index (χ4n) is 2.72. The molecule has 0 saturated heterocycles. The van der Waals surface area contributed by atoms with Gasteiger partial charge in [-0.3, -0.25) is 4.79 Å². The van der Waals surface area contributed by atoms with Crippen molar-refractivity contribution in [1.82, 2.24) is 9.78 Å². The van der Waals surface area contributed by atoms with Gasteiger partial charge >= 0.3 is 5.65 Å². The van der Waals surface area contributed by atoms with Crippen LogP contribution >= 0.6 is 0 Å². The number of halogens is 1. The Kier molecular flexibility index (Phi) is 2.68. The van der Waals surface area contributed by atoms with Crippen LogP contribution in [0.5, 0.6) is 0 Å². The zero-order chi connectivity index (χ0) is 12.1. The Balaban J connectivity index is 0.00000110. The fourth-order valence-corrected chi connectivity index (χ4v) is 2.72. The molecule has 96 valence electrons. The third-order valence-electron chi connectivity index (χ3n) is 3.57. The molecule has 1 aliphatic heterocycles. The highest BCUT2D eigenvalue weighted by atomic mass is 35.5. The number of nitrogens with one attached hydrogen (secondary N) is 1. The van der Waals surface area contributed by atoms with Gasteiger partial charge in [-0.15, -0.1) is 0 Å². The fraction of sp³-hybridized carbons (Fsp3) is 0.143. The molecule has 0 bridgehead atoms. The summed E-state index contributed by atoms with van der Waals surface area (Å²) in [4.78, 5) is 11.9. The maximum atomic E-state index is 11.9. The molecule has 1 N–H and O–H groups in total. The van der Waals surface area contributed by atoms with Gasteiger partial charge in [0.2, 0.25) is 0 Å². The van der Waals surface area contributed by atoms with Gasteiger partial charge in [0.25, 0.3) is 5.56 Å². The Hall–Kier alpha value is -2.07. The third-order valence-corrected chi connectivity index (χ3v) is 3.57. The summed E-state index contributed by atoms with van der Waals surface area (Å²) in [6.45, 7) is 1.53. The van der Waals surface area contributed by atoms with Gasteiger partial charge in [0.05, 0.1) is 6.20 Å². The first-order valence-electron chi connectivity index (χ1n) is 6.01. The van der Waals surface area contributed by atoms with E-state index < -0.39 is 0 Å². The van der Waals surface area contributed by atoms with Crippen LogP contribution in [0.25, 0.3) is 11.0 Å². The predicted molar refractivity (Wildman–Crippen MR) is 67.4 cm³/mol. The number of rotatable bonds is 0. The average molecular weight is 274 g/mol. The third kappa shape index (κ3) is 1.68. The van der Waals surface area contributed by atoms with Gasteiger partial charge in [0.1, 0.15) is 18.5 Å². The molecule has 4 rings (SSSR count). The van der Waals surface area contributed by atoms with Crippen molar-refractivity contribution in [1.29, 1.82) is 0 Å². The molecule has 1 aromatic carbocycles. The van der Waals surface area contributed by atoms with E-state index in [1.165, 1.54) is 11.1 Å². The van der Waals surface area contributed by atoms with Crippen molar-refractivity contribution < 1.29 is 17.0 Å². The van der Waals surface area contributed by atoms with E-state index in [1.807, 2.05) is 29.1 Å². The first-order chi connectivity index (χ1) is 8.83. The van der Waals surface area contributed by atoms with Crippen LogP contribution < -0.4 is 22.5 Å². The van der Waals surface area contributed by atoms with Gasteiger partial charge < -0.3 is 12.4 Å². The highest BCUT2D eigenvalue weighted by Crippen LogP contribution is 2.16. The summed E-state index contributed by atoms with van der Waals surface area (Å²) in [5.41, 5.74) is 3.52. The number of aromatic amines is 1. The zero-order valence-electron chi connectivity index (χ0n) is 10.1. The molecule has 0 atom stereocenters. The Morgan fingerprint density at radius 3 is 2.74 bits per heavy atom. The van der Waals surface area contributed by atoms with Crippen molar-refractivity contribution in [2.75, 3.05) is 0 Å². The smallest absolute Gasteiger partial charge is 0.313 e. The molecule has 0 fully saturated rings. The van der Waals surface area contributed by atoms with Crippen LogP contribution in [-0.4, -0.2) is 9.78 Å². The molecule has 1 aliphatic rings. The van der Waals surface area contributed by atoms with Crippen molar-refractivity contribution in [2.45, 2.75) is 13.1 Å². The van der Waals surface area contributed by atoms with Crippen LogP contribution in [0, 0.1) is 0 Å². The summed E-state index contributed by atoms with van der Waals surface area (Å²) in [6, 6.07) is 12.2.